The highest BCUT2D eigenvalue weighted by atomic mass is 16.3. The minimum absolute atomic E-state index is 0.130. The van der Waals surface area contributed by atoms with Gasteiger partial charge in [-0.15, -0.1) is 0 Å². The summed E-state index contributed by atoms with van der Waals surface area (Å²) >= 11 is 0. The van der Waals surface area contributed by atoms with Gasteiger partial charge in [0, 0.05) is 13.1 Å². The predicted molar refractivity (Wildman–Crippen MR) is 129 cm³/mol. The van der Waals surface area contributed by atoms with Crippen molar-refractivity contribution >= 4 is 17.6 Å². The lowest BCUT2D eigenvalue weighted by molar-refractivity contribution is 0.0691. The SMILES string of the molecule is O=C(Nc1c(C(=O)N2CCC(Cc3ccccc3)CC2)cnn1-c1ccccc1)c1ccco1. The van der Waals surface area contributed by atoms with Crippen molar-refractivity contribution in [1.29, 1.82) is 0 Å². The Morgan fingerprint density at radius 3 is 2.32 bits per heavy atom. The average Bonchev–Trinajstić information content (AvgIpc) is 3.56. The van der Waals surface area contributed by atoms with E-state index in [2.05, 4.69) is 34.7 Å². The molecule has 5 rings (SSSR count). The van der Waals surface area contributed by atoms with Gasteiger partial charge in [0.15, 0.2) is 5.76 Å². The summed E-state index contributed by atoms with van der Waals surface area (Å²) in [5.41, 5.74) is 2.45. The number of aromatic nitrogens is 2. The number of hydrogen-bond donors (Lipinski definition) is 1. The van der Waals surface area contributed by atoms with E-state index in [1.54, 1.807) is 16.8 Å². The largest absolute Gasteiger partial charge is 0.459 e. The van der Waals surface area contributed by atoms with Gasteiger partial charge in [0.2, 0.25) is 0 Å². The molecule has 1 aliphatic rings. The Labute approximate surface area is 198 Å². The molecule has 0 bridgehead atoms. The number of nitrogens with zero attached hydrogens (tertiary/aromatic N) is 3. The second-order valence-corrected chi connectivity index (χ2v) is 8.51. The van der Waals surface area contributed by atoms with Gasteiger partial charge in [-0.05, 0) is 55.0 Å². The summed E-state index contributed by atoms with van der Waals surface area (Å²) in [5, 5.41) is 7.27. The molecule has 0 atom stereocenters. The molecule has 1 aliphatic heterocycles. The quantitative estimate of drug-likeness (QED) is 0.453. The van der Waals surface area contributed by atoms with E-state index in [-0.39, 0.29) is 11.7 Å². The summed E-state index contributed by atoms with van der Waals surface area (Å²) in [6, 6.07) is 23.1. The molecule has 2 amide bonds. The lowest BCUT2D eigenvalue weighted by Gasteiger charge is -2.32. The molecule has 0 spiro atoms. The monoisotopic (exact) mass is 454 g/mol. The molecule has 7 heteroatoms. The predicted octanol–water partition coefficient (Wildman–Crippen LogP) is 4.81. The van der Waals surface area contributed by atoms with Gasteiger partial charge >= 0.3 is 0 Å². The van der Waals surface area contributed by atoms with E-state index < -0.39 is 5.91 Å². The van der Waals surface area contributed by atoms with Crippen molar-refractivity contribution in [2.75, 3.05) is 18.4 Å². The fraction of sp³-hybridized carbons (Fsp3) is 0.222. The van der Waals surface area contributed by atoms with Gasteiger partial charge < -0.3 is 14.6 Å². The van der Waals surface area contributed by atoms with E-state index in [0.717, 1.165) is 24.9 Å². The Balaban J connectivity index is 1.35. The molecule has 4 aromatic rings. The number of benzene rings is 2. The van der Waals surface area contributed by atoms with Gasteiger partial charge in [-0.2, -0.15) is 5.10 Å². The number of rotatable bonds is 6. The number of carbonyl (C=O) groups excluding carboxylic acids is 2. The summed E-state index contributed by atoms with van der Waals surface area (Å²) in [7, 11) is 0. The first-order valence-corrected chi connectivity index (χ1v) is 11.5. The number of carbonyl (C=O) groups is 2. The van der Waals surface area contributed by atoms with Crippen LogP contribution >= 0.6 is 0 Å². The van der Waals surface area contributed by atoms with Gasteiger partial charge in [0.1, 0.15) is 11.4 Å². The Bertz CT molecular complexity index is 1240. The van der Waals surface area contributed by atoms with Crippen LogP contribution in [0.5, 0.6) is 0 Å². The Morgan fingerprint density at radius 1 is 0.941 bits per heavy atom. The maximum absolute atomic E-state index is 13.5. The normalized spacial score (nSPS) is 14.2. The summed E-state index contributed by atoms with van der Waals surface area (Å²) in [6.07, 6.45) is 5.89. The van der Waals surface area contributed by atoms with Crippen LogP contribution in [0.1, 0.15) is 39.3 Å². The molecule has 0 radical (unpaired) electrons. The molecule has 34 heavy (non-hydrogen) atoms. The molecule has 7 nitrogen and oxygen atoms in total. The fourth-order valence-electron chi connectivity index (χ4n) is 4.43. The van der Waals surface area contributed by atoms with Crippen LogP contribution in [0.3, 0.4) is 0 Å². The number of furan rings is 1. The third-order valence-corrected chi connectivity index (χ3v) is 6.25. The molecular weight excluding hydrogens is 428 g/mol. The molecule has 2 aromatic carbocycles. The van der Waals surface area contributed by atoms with Crippen molar-refractivity contribution in [2.24, 2.45) is 5.92 Å². The summed E-state index contributed by atoms with van der Waals surface area (Å²) in [5.74, 6) is 0.495. The Hall–Kier alpha value is -4.13. The van der Waals surface area contributed by atoms with E-state index in [1.165, 1.54) is 18.0 Å². The maximum Gasteiger partial charge on any atom is 0.292 e. The second-order valence-electron chi connectivity index (χ2n) is 8.51. The summed E-state index contributed by atoms with van der Waals surface area (Å²) in [4.78, 5) is 28.1. The number of para-hydroxylation sites is 1. The number of piperidine rings is 1. The molecule has 1 saturated heterocycles. The molecule has 1 N–H and O–H groups in total. The Kier molecular flexibility index (Phi) is 6.25. The maximum atomic E-state index is 13.5. The zero-order chi connectivity index (χ0) is 23.3. The lowest BCUT2D eigenvalue weighted by Crippen LogP contribution is -2.39. The lowest BCUT2D eigenvalue weighted by atomic mass is 9.90. The highest BCUT2D eigenvalue weighted by molar-refractivity contribution is 6.07. The minimum Gasteiger partial charge on any atom is -0.459 e. The van der Waals surface area contributed by atoms with Crippen molar-refractivity contribution in [3.8, 4) is 5.69 Å². The van der Waals surface area contributed by atoms with Crippen LogP contribution in [-0.4, -0.2) is 39.6 Å². The summed E-state index contributed by atoms with van der Waals surface area (Å²) < 4.78 is 6.81. The molecule has 172 valence electrons. The zero-order valence-electron chi connectivity index (χ0n) is 18.8. The van der Waals surface area contributed by atoms with E-state index >= 15 is 0 Å². The van der Waals surface area contributed by atoms with Crippen LogP contribution in [0.25, 0.3) is 5.69 Å². The third-order valence-electron chi connectivity index (χ3n) is 6.25. The first-order valence-electron chi connectivity index (χ1n) is 11.5. The van der Waals surface area contributed by atoms with Crippen molar-refractivity contribution in [3.63, 3.8) is 0 Å². The molecule has 2 aromatic heterocycles. The van der Waals surface area contributed by atoms with Crippen LogP contribution < -0.4 is 5.32 Å². The van der Waals surface area contributed by atoms with Crippen LogP contribution in [0.15, 0.2) is 89.7 Å². The number of nitrogens with one attached hydrogen (secondary N) is 1. The standard InChI is InChI=1S/C27H26N4O3/c32-26(24-12-7-17-34-24)29-25-23(19-28-31(25)22-10-5-2-6-11-22)27(33)30-15-13-21(14-16-30)18-20-8-3-1-4-9-20/h1-12,17,19,21H,13-16,18H2,(H,29,32). The number of likely N-dealkylation sites (tertiary alicyclic amines) is 1. The van der Waals surface area contributed by atoms with E-state index in [9.17, 15) is 9.59 Å². The first kappa shape index (κ1) is 21.7. The highest BCUT2D eigenvalue weighted by Gasteiger charge is 2.28. The average molecular weight is 455 g/mol. The first-order chi connectivity index (χ1) is 16.7. The van der Waals surface area contributed by atoms with Crippen molar-refractivity contribution in [3.05, 3.63) is 102 Å². The molecule has 3 heterocycles. The van der Waals surface area contributed by atoms with Crippen LogP contribution in [0.4, 0.5) is 5.82 Å². The van der Waals surface area contributed by atoms with E-state index in [0.29, 0.717) is 30.4 Å². The Morgan fingerprint density at radius 2 is 1.65 bits per heavy atom. The van der Waals surface area contributed by atoms with Gasteiger partial charge in [-0.3, -0.25) is 9.59 Å². The van der Waals surface area contributed by atoms with E-state index in [1.807, 2.05) is 41.3 Å². The van der Waals surface area contributed by atoms with Crippen LogP contribution in [0, 0.1) is 5.92 Å². The van der Waals surface area contributed by atoms with Crippen LogP contribution in [-0.2, 0) is 6.42 Å². The van der Waals surface area contributed by atoms with Gasteiger partial charge in [-0.25, -0.2) is 4.68 Å². The number of amides is 2. The molecular formula is C27H26N4O3. The molecule has 0 aliphatic carbocycles. The van der Waals surface area contributed by atoms with E-state index in [4.69, 9.17) is 4.42 Å². The van der Waals surface area contributed by atoms with Gasteiger partial charge in [-0.1, -0.05) is 48.5 Å². The zero-order valence-corrected chi connectivity index (χ0v) is 18.8. The molecule has 0 saturated carbocycles. The minimum atomic E-state index is -0.432. The third kappa shape index (κ3) is 4.64. The number of anilines is 1. The smallest absolute Gasteiger partial charge is 0.292 e. The van der Waals surface area contributed by atoms with Crippen LogP contribution in [0.2, 0.25) is 0 Å². The van der Waals surface area contributed by atoms with Gasteiger partial charge in [0.25, 0.3) is 11.8 Å². The topological polar surface area (TPSA) is 80.4 Å². The van der Waals surface area contributed by atoms with Crippen molar-refractivity contribution in [1.82, 2.24) is 14.7 Å². The highest BCUT2D eigenvalue weighted by Crippen LogP contribution is 2.27. The number of hydrogen-bond acceptors (Lipinski definition) is 4. The second kappa shape index (κ2) is 9.79. The van der Waals surface area contributed by atoms with Crippen molar-refractivity contribution in [2.45, 2.75) is 19.3 Å². The fourth-order valence-corrected chi connectivity index (χ4v) is 4.43. The van der Waals surface area contributed by atoms with Gasteiger partial charge in [0.05, 0.1) is 18.1 Å². The molecule has 1 fully saturated rings. The van der Waals surface area contributed by atoms with Crippen molar-refractivity contribution < 1.29 is 14.0 Å². The summed E-state index contributed by atoms with van der Waals surface area (Å²) in [6.45, 7) is 1.36. The molecule has 0 unspecified atom stereocenters.